The van der Waals surface area contributed by atoms with Crippen molar-refractivity contribution in [1.29, 1.82) is 10.5 Å². The second-order valence-electron chi connectivity index (χ2n) is 4.44. The van der Waals surface area contributed by atoms with E-state index in [1.165, 1.54) is 12.8 Å². The highest BCUT2D eigenvalue weighted by atomic mass is 15.3. The Morgan fingerprint density at radius 3 is 2.58 bits per heavy atom. The van der Waals surface area contributed by atoms with Crippen LogP contribution in [0.2, 0.25) is 0 Å². The number of nitriles is 2. The van der Waals surface area contributed by atoms with Gasteiger partial charge in [-0.05, 0) is 37.6 Å². The molecule has 1 N–H and O–H groups in total. The van der Waals surface area contributed by atoms with E-state index in [0.29, 0.717) is 0 Å². The fraction of sp³-hybridized carbons (Fsp3) is 0.357. The van der Waals surface area contributed by atoms with Gasteiger partial charge in [0.15, 0.2) is 0 Å². The Bertz CT molecular complexity index is 528. The number of hydrazone groups is 1. The molecule has 96 valence electrons. The molecule has 0 aromatic heterocycles. The number of hydrogen-bond acceptors (Lipinski definition) is 5. The number of likely N-dealkylation sites (tertiary alicyclic amines) is 1. The molecule has 0 aliphatic carbocycles. The molecule has 0 spiro atoms. The molecule has 5 heteroatoms. The Morgan fingerprint density at radius 1 is 1.21 bits per heavy atom. The Balaban J connectivity index is 2.10. The van der Waals surface area contributed by atoms with Gasteiger partial charge >= 0.3 is 0 Å². The van der Waals surface area contributed by atoms with Gasteiger partial charge in [-0.15, -0.1) is 0 Å². The number of benzene rings is 1. The van der Waals surface area contributed by atoms with E-state index in [-0.39, 0.29) is 5.71 Å². The minimum atomic E-state index is -0.170. The van der Waals surface area contributed by atoms with E-state index in [1.807, 2.05) is 24.3 Å². The number of hydrogen-bond donors (Lipinski definition) is 1. The zero-order valence-electron chi connectivity index (χ0n) is 10.6. The van der Waals surface area contributed by atoms with Crippen molar-refractivity contribution in [3.63, 3.8) is 0 Å². The Morgan fingerprint density at radius 2 is 1.89 bits per heavy atom. The summed E-state index contributed by atoms with van der Waals surface area (Å²) < 4.78 is 0. The highest BCUT2D eigenvalue weighted by Crippen LogP contribution is 2.19. The lowest BCUT2D eigenvalue weighted by atomic mass is 10.1. The van der Waals surface area contributed by atoms with Crippen molar-refractivity contribution in [2.75, 3.05) is 18.5 Å². The molecule has 1 heterocycles. The fourth-order valence-corrected chi connectivity index (χ4v) is 2.14. The van der Waals surface area contributed by atoms with Gasteiger partial charge in [0.1, 0.15) is 12.1 Å². The van der Waals surface area contributed by atoms with Crippen LogP contribution in [0.4, 0.5) is 5.69 Å². The van der Waals surface area contributed by atoms with Crippen LogP contribution < -0.4 is 5.43 Å². The van der Waals surface area contributed by atoms with Gasteiger partial charge in [0, 0.05) is 6.54 Å². The minimum absolute atomic E-state index is 0.170. The van der Waals surface area contributed by atoms with Crippen molar-refractivity contribution in [3.05, 3.63) is 29.8 Å². The molecule has 1 fully saturated rings. The first-order valence-corrected chi connectivity index (χ1v) is 6.27. The monoisotopic (exact) mass is 253 g/mol. The highest BCUT2D eigenvalue weighted by molar-refractivity contribution is 6.10. The third-order valence-corrected chi connectivity index (χ3v) is 3.11. The predicted octanol–water partition coefficient (Wildman–Crippen LogP) is 2.10. The van der Waals surface area contributed by atoms with Crippen molar-refractivity contribution in [3.8, 4) is 12.1 Å². The summed E-state index contributed by atoms with van der Waals surface area (Å²) in [5.74, 6) is 0. The molecule has 5 nitrogen and oxygen atoms in total. The average molecular weight is 253 g/mol. The van der Waals surface area contributed by atoms with E-state index in [0.717, 1.165) is 30.9 Å². The lowest BCUT2D eigenvalue weighted by Gasteiger charge is -2.16. The van der Waals surface area contributed by atoms with Gasteiger partial charge in [-0.1, -0.05) is 18.2 Å². The van der Waals surface area contributed by atoms with E-state index < -0.39 is 0 Å². The molecule has 2 rings (SSSR count). The Kier molecular flexibility index (Phi) is 4.49. The summed E-state index contributed by atoms with van der Waals surface area (Å²) in [4.78, 5) is 2.39. The summed E-state index contributed by atoms with van der Waals surface area (Å²) in [7, 11) is 0. The molecule has 1 aliphatic rings. The van der Waals surface area contributed by atoms with Crippen molar-refractivity contribution >= 4 is 11.4 Å². The summed E-state index contributed by atoms with van der Waals surface area (Å²) in [6.45, 7) is 3.12. The van der Waals surface area contributed by atoms with E-state index in [4.69, 9.17) is 10.5 Å². The largest absolute Gasteiger partial charge is 0.299 e. The van der Waals surface area contributed by atoms with E-state index in [9.17, 15) is 0 Å². The van der Waals surface area contributed by atoms with Crippen LogP contribution in [0.5, 0.6) is 0 Å². The van der Waals surface area contributed by atoms with Gasteiger partial charge in [0.05, 0.1) is 5.69 Å². The summed E-state index contributed by atoms with van der Waals surface area (Å²) >= 11 is 0. The maximum atomic E-state index is 8.65. The zero-order chi connectivity index (χ0) is 13.5. The number of nitrogens with one attached hydrogen (secondary N) is 1. The molecule has 0 atom stereocenters. The van der Waals surface area contributed by atoms with E-state index in [1.54, 1.807) is 12.1 Å². The SMILES string of the molecule is N#CC(C#N)=NNc1ccccc1CN1CCCC1. The molecular weight excluding hydrogens is 238 g/mol. The number of rotatable bonds is 4. The van der Waals surface area contributed by atoms with Crippen LogP contribution in [-0.4, -0.2) is 23.7 Å². The fourth-order valence-electron chi connectivity index (χ4n) is 2.14. The quantitative estimate of drug-likeness (QED) is 0.658. The first-order chi connectivity index (χ1) is 9.33. The molecule has 0 unspecified atom stereocenters. The van der Waals surface area contributed by atoms with Crippen molar-refractivity contribution < 1.29 is 0 Å². The van der Waals surface area contributed by atoms with Crippen LogP contribution in [0, 0.1) is 22.7 Å². The molecule has 1 aliphatic heterocycles. The summed E-state index contributed by atoms with van der Waals surface area (Å²) in [6, 6.07) is 11.3. The molecule has 1 aromatic rings. The average Bonchev–Trinajstić information content (AvgIpc) is 2.94. The predicted molar refractivity (Wildman–Crippen MR) is 73.2 cm³/mol. The first kappa shape index (κ1) is 13.1. The van der Waals surface area contributed by atoms with Crippen LogP contribution in [0.25, 0.3) is 0 Å². The molecular formula is C14H15N5. The number of anilines is 1. The lowest BCUT2D eigenvalue weighted by Crippen LogP contribution is -2.19. The smallest absolute Gasteiger partial charge is 0.237 e. The summed E-state index contributed by atoms with van der Waals surface area (Å²) in [5.41, 5.74) is 4.61. The van der Waals surface area contributed by atoms with Crippen molar-refractivity contribution in [2.45, 2.75) is 19.4 Å². The molecule has 1 aromatic carbocycles. The number of nitrogens with zero attached hydrogens (tertiary/aromatic N) is 4. The maximum absolute atomic E-state index is 8.65. The lowest BCUT2D eigenvalue weighted by molar-refractivity contribution is 0.332. The van der Waals surface area contributed by atoms with Gasteiger partial charge in [0.25, 0.3) is 0 Å². The zero-order valence-corrected chi connectivity index (χ0v) is 10.6. The van der Waals surface area contributed by atoms with Crippen LogP contribution in [0.15, 0.2) is 29.4 Å². The van der Waals surface area contributed by atoms with Gasteiger partial charge in [-0.2, -0.15) is 15.6 Å². The first-order valence-electron chi connectivity index (χ1n) is 6.27. The van der Waals surface area contributed by atoms with Crippen molar-refractivity contribution in [1.82, 2.24) is 4.90 Å². The maximum Gasteiger partial charge on any atom is 0.237 e. The third kappa shape index (κ3) is 3.54. The second-order valence-corrected chi connectivity index (χ2v) is 4.44. The van der Waals surface area contributed by atoms with E-state index >= 15 is 0 Å². The minimum Gasteiger partial charge on any atom is -0.299 e. The van der Waals surface area contributed by atoms with Crippen LogP contribution in [-0.2, 0) is 6.54 Å². The highest BCUT2D eigenvalue weighted by Gasteiger charge is 2.13. The van der Waals surface area contributed by atoms with Crippen LogP contribution in [0.3, 0.4) is 0 Å². The van der Waals surface area contributed by atoms with Gasteiger partial charge in [0.2, 0.25) is 5.71 Å². The van der Waals surface area contributed by atoms with Crippen molar-refractivity contribution in [2.24, 2.45) is 5.10 Å². The summed E-state index contributed by atoms with van der Waals surface area (Å²) in [5, 5.41) is 21.1. The topological polar surface area (TPSA) is 75.2 Å². The normalized spacial score (nSPS) is 14.4. The molecule has 0 amide bonds. The van der Waals surface area contributed by atoms with Crippen LogP contribution in [0.1, 0.15) is 18.4 Å². The van der Waals surface area contributed by atoms with Gasteiger partial charge < -0.3 is 0 Å². The van der Waals surface area contributed by atoms with Crippen LogP contribution >= 0.6 is 0 Å². The van der Waals surface area contributed by atoms with E-state index in [2.05, 4.69) is 15.4 Å². The molecule has 1 saturated heterocycles. The molecule has 0 radical (unpaired) electrons. The third-order valence-electron chi connectivity index (χ3n) is 3.11. The summed E-state index contributed by atoms with van der Waals surface area (Å²) in [6.07, 6.45) is 2.50. The Labute approximate surface area is 112 Å². The molecule has 0 bridgehead atoms. The Hall–Kier alpha value is -2.37. The second kappa shape index (κ2) is 6.53. The molecule has 0 saturated carbocycles. The number of para-hydroxylation sites is 1. The molecule has 19 heavy (non-hydrogen) atoms. The van der Waals surface area contributed by atoms with Gasteiger partial charge in [-0.3, -0.25) is 10.3 Å². The standard InChI is InChI=1S/C14H15N5/c15-9-13(10-16)17-18-14-6-2-1-5-12(14)11-19-7-3-4-8-19/h1-2,5-6,18H,3-4,7-8,11H2. The van der Waals surface area contributed by atoms with Gasteiger partial charge in [-0.25, -0.2) is 0 Å².